The van der Waals surface area contributed by atoms with Crippen molar-refractivity contribution in [3.05, 3.63) is 10.1 Å². The third kappa shape index (κ3) is 2.67. The summed E-state index contributed by atoms with van der Waals surface area (Å²) < 4.78 is 5.53. The van der Waals surface area contributed by atoms with E-state index < -0.39 is 10.4 Å². The quantitative estimate of drug-likeness (QED) is 0.212. The molecule has 0 radical (unpaired) electrons. The standard InChI is InChI=1S/C21H32ClNO4/c1-13(24)27-15-6-9-19(2)14(12-15)4-5-16-17(19)7-10-20(3)18(16)8-11-21(20,22)23(25)26/h14-18H,4-12H2,1-3H3/t14?,15-,16-,17+,18+,19+,20+,21-/m1/s1. The zero-order valence-electron chi connectivity index (χ0n) is 16.7. The van der Waals surface area contributed by atoms with E-state index in [1.165, 1.54) is 6.92 Å². The van der Waals surface area contributed by atoms with Crippen LogP contribution in [0.4, 0.5) is 0 Å². The number of hydrogen-bond acceptors (Lipinski definition) is 4. The van der Waals surface area contributed by atoms with E-state index in [4.69, 9.17) is 16.3 Å². The molecule has 4 fully saturated rings. The van der Waals surface area contributed by atoms with Crippen molar-refractivity contribution in [2.24, 2.45) is 34.5 Å². The molecular formula is C21H32ClNO4. The van der Waals surface area contributed by atoms with Gasteiger partial charge in [-0.15, -0.1) is 0 Å². The van der Waals surface area contributed by atoms with Crippen LogP contribution in [0.2, 0.25) is 0 Å². The summed E-state index contributed by atoms with van der Waals surface area (Å²) >= 11 is 6.64. The summed E-state index contributed by atoms with van der Waals surface area (Å²) in [4.78, 5) is 21.7. The normalized spacial score (nSPS) is 51.6. The highest BCUT2D eigenvalue weighted by atomic mass is 35.5. The molecule has 0 amide bonds. The van der Waals surface area contributed by atoms with Crippen LogP contribution >= 0.6 is 11.6 Å². The molecule has 1 unspecified atom stereocenters. The highest BCUT2D eigenvalue weighted by Crippen LogP contribution is 2.69. The number of rotatable bonds is 2. The van der Waals surface area contributed by atoms with Crippen molar-refractivity contribution in [1.82, 2.24) is 0 Å². The zero-order valence-corrected chi connectivity index (χ0v) is 17.5. The van der Waals surface area contributed by atoms with Gasteiger partial charge < -0.3 is 4.74 Å². The van der Waals surface area contributed by atoms with Gasteiger partial charge in [-0.05, 0) is 92.1 Å². The van der Waals surface area contributed by atoms with Crippen molar-refractivity contribution in [1.29, 1.82) is 0 Å². The van der Waals surface area contributed by atoms with Crippen molar-refractivity contribution in [3.63, 3.8) is 0 Å². The predicted molar refractivity (Wildman–Crippen MR) is 103 cm³/mol. The molecule has 0 aromatic rings. The largest absolute Gasteiger partial charge is 0.463 e. The number of fused-ring (bicyclic) bond motifs is 5. The van der Waals surface area contributed by atoms with E-state index in [0.29, 0.717) is 30.1 Å². The smallest absolute Gasteiger partial charge is 0.302 e. The lowest BCUT2D eigenvalue weighted by atomic mass is 9.45. The Bertz CT molecular complexity index is 656. The molecule has 6 heteroatoms. The SMILES string of the molecule is CC(=O)O[C@@H]1CC[C@@]2(C)C(CC[C@@H]3[C@@H]2CC[C@@]2(C)[C@H]3CC[C@@]2(Cl)[N+](=O)[O-])C1. The first-order valence-corrected chi connectivity index (χ1v) is 11.0. The number of alkyl halides is 1. The maximum atomic E-state index is 11.8. The number of ether oxygens (including phenoxy) is 1. The van der Waals surface area contributed by atoms with Gasteiger partial charge in [0, 0.05) is 18.3 Å². The Balaban J connectivity index is 1.56. The Hall–Kier alpha value is -0.840. The topological polar surface area (TPSA) is 69.4 Å². The average Bonchev–Trinajstić information content (AvgIpc) is 2.87. The molecule has 8 atom stereocenters. The van der Waals surface area contributed by atoms with Gasteiger partial charge in [0.15, 0.2) is 0 Å². The summed E-state index contributed by atoms with van der Waals surface area (Å²) in [6, 6.07) is 0. The minimum absolute atomic E-state index is 0.0717. The first-order valence-electron chi connectivity index (χ1n) is 10.6. The van der Waals surface area contributed by atoms with Gasteiger partial charge in [-0.25, -0.2) is 0 Å². The van der Waals surface area contributed by atoms with Gasteiger partial charge >= 0.3 is 5.97 Å². The van der Waals surface area contributed by atoms with Crippen LogP contribution in [0, 0.1) is 44.6 Å². The maximum Gasteiger partial charge on any atom is 0.302 e. The lowest BCUT2D eigenvalue weighted by Crippen LogP contribution is -2.57. The summed E-state index contributed by atoms with van der Waals surface area (Å²) in [6.07, 6.45) is 8.69. The fraction of sp³-hybridized carbons (Fsp3) is 0.952. The van der Waals surface area contributed by atoms with Crippen LogP contribution in [0.25, 0.3) is 0 Å². The number of carbonyl (C=O) groups excluding carboxylic acids is 1. The lowest BCUT2D eigenvalue weighted by molar-refractivity contribution is -0.561. The molecule has 0 N–H and O–H groups in total. The summed E-state index contributed by atoms with van der Waals surface area (Å²) in [5.74, 6) is 1.96. The zero-order chi connectivity index (χ0) is 19.6. The number of esters is 1. The number of nitrogens with zero attached hydrogens (tertiary/aromatic N) is 1. The van der Waals surface area contributed by atoms with Crippen LogP contribution in [0.1, 0.15) is 78.6 Å². The Morgan fingerprint density at radius 1 is 1.07 bits per heavy atom. The van der Waals surface area contributed by atoms with Crippen LogP contribution in [0.15, 0.2) is 0 Å². The summed E-state index contributed by atoms with van der Waals surface area (Å²) in [7, 11) is 0. The number of nitro groups is 1. The molecule has 4 rings (SSSR count). The van der Waals surface area contributed by atoms with Crippen LogP contribution in [0.3, 0.4) is 0 Å². The molecule has 0 aliphatic heterocycles. The second-order valence-corrected chi connectivity index (χ2v) is 10.8. The highest BCUT2D eigenvalue weighted by Gasteiger charge is 2.70. The molecule has 4 saturated carbocycles. The minimum Gasteiger partial charge on any atom is -0.463 e. The summed E-state index contributed by atoms with van der Waals surface area (Å²) in [6.45, 7) is 6.03. The van der Waals surface area contributed by atoms with Crippen LogP contribution < -0.4 is 0 Å². The fourth-order valence-corrected chi connectivity index (χ4v) is 8.16. The molecule has 0 bridgehead atoms. The van der Waals surface area contributed by atoms with Gasteiger partial charge in [0.05, 0.1) is 5.41 Å². The molecule has 0 spiro atoms. The molecule has 0 heterocycles. The average molecular weight is 398 g/mol. The van der Waals surface area contributed by atoms with Crippen molar-refractivity contribution in [3.8, 4) is 0 Å². The van der Waals surface area contributed by atoms with Crippen LogP contribution in [0.5, 0.6) is 0 Å². The van der Waals surface area contributed by atoms with E-state index in [1.807, 2.05) is 0 Å². The monoisotopic (exact) mass is 397 g/mol. The van der Waals surface area contributed by atoms with Gasteiger partial charge in [-0.2, -0.15) is 0 Å². The molecule has 0 aromatic heterocycles. The number of carbonyl (C=O) groups is 1. The Morgan fingerprint density at radius 2 is 1.78 bits per heavy atom. The van der Waals surface area contributed by atoms with E-state index in [2.05, 4.69) is 13.8 Å². The third-order valence-corrected chi connectivity index (χ3v) is 10.0. The summed E-state index contributed by atoms with van der Waals surface area (Å²) in [5.41, 5.74) is -0.121. The molecule has 0 saturated heterocycles. The van der Waals surface area contributed by atoms with Crippen molar-refractivity contribution < 1.29 is 14.5 Å². The molecule has 4 aliphatic carbocycles. The van der Waals surface area contributed by atoms with E-state index in [0.717, 1.165) is 51.4 Å². The van der Waals surface area contributed by atoms with Crippen molar-refractivity contribution in [2.45, 2.75) is 89.7 Å². The van der Waals surface area contributed by atoms with E-state index in [1.54, 1.807) is 0 Å². The van der Waals surface area contributed by atoms with Gasteiger partial charge in [0.2, 0.25) is 0 Å². The minimum atomic E-state index is -1.28. The van der Waals surface area contributed by atoms with Gasteiger partial charge in [0.1, 0.15) is 6.10 Å². The Morgan fingerprint density at radius 3 is 2.44 bits per heavy atom. The van der Waals surface area contributed by atoms with Gasteiger partial charge in [-0.1, -0.05) is 13.8 Å². The van der Waals surface area contributed by atoms with E-state index in [9.17, 15) is 14.9 Å². The number of hydrogen-bond donors (Lipinski definition) is 0. The third-order valence-electron chi connectivity index (χ3n) is 9.29. The molecule has 0 aromatic carbocycles. The second-order valence-electron chi connectivity index (χ2n) is 10.2. The highest BCUT2D eigenvalue weighted by molar-refractivity contribution is 6.23. The molecular weight excluding hydrogens is 366 g/mol. The van der Waals surface area contributed by atoms with Crippen LogP contribution in [-0.4, -0.2) is 22.0 Å². The van der Waals surface area contributed by atoms with Gasteiger partial charge in [-0.3, -0.25) is 14.9 Å². The number of halogens is 1. The van der Waals surface area contributed by atoms with E-state index >= 15 is 0 Å². The summed E-state index contributed by atoms with van der Waals surface area (Å²) in [5, 5.41) is 11.8. The molecule has 5 nitrogen and oxygen atoms in total. The van der Waals surface area contributed by atoms with Gasteiger partial charge in [0.25, 0.3) is 5.00 Å². The second kappa shape index (κ2) is 6.33. The molecule has 152 valence electrons. The maximum absolute atomic E-state index is 11.8. The lowest BCUT2D eigenvalue weighted by Gasteiger charge is -2.60. The molecule has 4 aliphatic rings. The fourth-order valence-electron chi connectivity index (χ4n) is 7.82. The Kier molecular flexibility index (Phi) is 4.57. The van der Waals surface area contributed by atoms with E-state index in [-0.39, 0.29) is 22.4 Å². The molecule has 27 heavy (non-hydrogen) atoms. The van der Waals surface area contributed by atoms with Crippen LogP contribution in [-0.2, 0) is 9.53 Å². The predicted octanol–water partition coefficient (Wildman–Crippen LogP) is 5.17. The first kappa shape index (κ1) is 19.5. The van der Waals surface area contributed by atoms with Crippen molar-refractivity contribution >= 4 is 17.6 Å². The van der Waals surface area contributed by atoms with Crippen molar-refractivity contribution in [2.75, 3.05) is 0 Å². The Labute approximate surface area is 166 Å². The first-order chi connectivity index (χ1) is 12.6.